The average molecular weight is 613 g/mol. The van der Waals surface area contributed by atoms with Crippen molar-refractivity contribution in [1.82, 2.24) is 0 Å². The molecule has 0 N–H and O–H groups in total. The summed E-state index contributed by atoms with van der Waals surface area (Å²) < 4.78 is 139. The molecule has 2 bridgehead atoms. The number of ether oxygens (including phenoxy) is 1. The van der Waals surface area contributed by atoms with Crippen LogP contribution in [0.15, 0.2) is 29.2 Å². The minimum atomic E-state index is -7.14. The van der Waals surface area contributed by atoms with E-state index in [2.05, 4.69) is 49.8 Å². The Kier molecular flexibility index (Phi) is 9.09. The highest BCUT2D eigenvalue weighted by molar-refractivity contribution is 7.97. The van der Waals surface area contributed by atoms with Crippen LogP contribution in [-0.2, 0) is 31.2 Å². The second-order valence-corrected chi connectivity index (χ2v) is 15.1. The van der Waals surface area contributed by atoms with Crippen LogP contribution >= 0.6 is 0 Å². The van der Waals surface area contributed by atoms with Gasteiger partial charge >= 0.3 is 23.4 Å². The van der Waals surface area contributed by atoms with E-state index in [9.17, 15) is 48.1 Å². The highest BCUT2D eigenvalue weighted by Crippen LogP contribution is 2.58. The Labute approximate surface area is 226 Å². The highest BCUT2D eigenvalue weighted by Gasteiger charge is 2.74. The summed E-state index contributed by atoms with van der Waals surface area (Å²) in [5, 5.41) is -6.64. The molecule has 3 aliphatic rings. The molecule has 0 amide bonds. The molecule has 4 rings (SSSR count). The Balaban J connectivity index is 0.000000239. The van der Waals surface area contributed by atoms with E-state index >= 15 is 0 Å². The summed E-state index contributed by atoms with van der Waals surface area (Å²) in [4.78, 5) is 1.58. The van der Waals surface area contributed by atoms with Crippen molar-refractivity contribution in [3.05, 3.63) is 29.8 Å². The molecule has 2 saturated carbocycles. The Morgan fingerprint density at radius 1 is 0.846 bits per heavy atom. The van der Waals surface area contributed by atoms with E-state index < -0.39 is 51.8 Å². The lowest BCUT2D eigenvalue weighted by atomic mass is 9.83. The highest BCUT2D eigenvalue weighted by atomic mass is 32.2. The van der Waals surface area contributed by atoms with Gasteiger partial charge < -0.3 is 4.55 Å². The first-order valence-electron chi connectivity index (χ1n) is 12.5. The molecule has 0 spiro atoms. The first kappa shape index (κ1) is 32.4. The van der Waals surface area contributed by atoms with Gasteiger partial charge in [-0.3, -0.25) is 0 Å². The van der Waals surface area contributed by atoms with Crippen LogP contribution in [0.5, 0.6) is 0 Å². The fourth-order valence-electron chi connectivity index (χ4n) is 5.38. The monoisotopic (exact) mass is 612 g/mol. The lowest BCUT2D eigenvalue weighted by Crippen LogP contribution is -2.58. The van der Waals surface area contributed by atoms with Crippen LogP contribution < -0.4 is 0 Å². The third kappa shape index (κ3) is 6.69. The molecule has 39 heavy (non-hydrogen) atoms. The summed E-state index contributed by atoms with van der Waals surface area (Å²) >= 11 is 0. The number of fused-ring (bicyclic) bond motifs is 2. The van der Waals surface area contributed by atoms with Gasteiger partial charge in [-0.05, 0) is 67.1 Å². The van der Waals surface area contributed by atoms with Gasteiger partial charge in [0.05, 0.1) is 0 Å². The van der Waals surface area contributed by atoms with Crippen LogP contribution in [0.1, 0.15) is 64.9 Å². The molecule has 1 heterocycles. The van der Waals surface area contributed by atoms with Gasteiger partial charge in [0.2, 0.25) is 0 Å². The molecular formula is C25H32F8O4S2. The molecule has 4 nitrogen and oxygen atoms in total. The Morgan fingerprint density at radius 3 is 1.79 bits per heavy atom. The predicted octanol–water partition coefficient (Wildman–Crippen LogP) is 7.15. The van der Waals surface area contributed by atoms with Crippen LogP contribution in [0.4, 0.5) is 35.1 Å². The maximum Gasteiger partial charge on any atom is 0.438 e. The SMILES string of the molecule is CC(C)(C)c1ccc([S+]2CCCC2)cc1.O=S(=O)([O-])C(F)(F)C(F)(F)OC(F)(F)C(F)(F)[C@@H]1C[C@@H]2CC[C@H]1C2. The molecule has 2 aliphatic carbocycles. The summed E-state index contributed by atoms with van der Waals surface area (Å²) in [6.45, 7) is 6.83. The van der Waals surface area contributed by atoms with E-state index in [1.165, 1.54) is 29.9 Å². The van der Waals surface area contributed by atoms with Gasteiger partial charge in [0, 0.05) is 16.8 Å². The number of alkyl halides is 8. The molecule has 1 saturated heterocycles. The zero-order valence-corrected chi connectivity index (χ0v) is 23.3. The quantitative estimate of drug-likeness (QED) is 0.186. The zero-order valence-electron chi connectivity index (χ0n) is 21.7. The van der Waals surface area contributed by atoms with E-state index in [0.717, 1.165) is 0 Å². The minimum Gasteiger partial charge on any atom is -0.743 e. The van der Waals surface area contributed by atoms with Crippen LogP contribution in [0, 0.1) is 17.8 Å². The average Bonchev–Trinajstić information content (AvgIpc) is 3.56. The molecule has 1 aliphatic heterocycles. The first-order chi connectivity index (χ1) is 17.6. The van der Waals surface area contributed by atoms with Crippen molar-refractivity contribution in [2.45, 2.75) is 93.0 Å². The molecule has 0 radical (unpaired) electrons. The summed E-state index contributed by atoms with van der Waals surface area (Å²) in [6, 6.07) is 9.35. The van der Waals surface area contributed by atoms with Crippen LogP contribution in [0.3, 0.4) is 0 Å². The van der Waals surface area contributed by atoms with Gasteiger partial charge in [-0.25, -0.2) is 13.2 Å². The van der Waals surface area contributed by atoms with E-state index in [-0.39, 0.29) is 24.2 Å². The van der Waals surface area contributed by atoms with Gasteiger partial charge in [0.15, 0.2) is 15.0 Å². The maximum absolute atomic E-state index is 13.9. The normalized spacial score (nSPS) is 25.1. The molecule has 14 heteroatoms. The minimum absolute atomic E-state index is 0.155. The first-order valence-corrected chi connectivity index (χ1v) is 15.5. The fraction of sp³-hybridized carbons (Fsp3) is 0.760. The number of rotatable bonds is 7. The lowest BCUT2D eigenvalue weighted by Gasteiger charge is -2.37. The van der Waals surface area contributed by atoms with Gasteiger partial charge in [-0.1, -0.05) is 39.3 Å². The van der Waals surface area contributed by atoms with Crippen molar-refractivity contribution < 1.29 is 52.8 Å². The third-order valence-corrected chi connectivity index (χ3v) is 11.0. The summed E-state index contributed by atoms with van der Waals surface area (Å²) in [7, 11) is -6.57. The van der Waals surface area contributed by atoms with Crippen LogP contribution in [-0.4, -0.2) is 47.9 Å². The zero-order chi connectivity index (χ0) is 29.7. The lowest BCUT2D eigenvalue weighted by molar-refractivity contribution is -0.463. The van der Waals surface area contributed by atoms with Crippen molar-refractivity contribution >= 4 is 21.0 Å². The number of benzene rings is 1. The van der Waals surface area contributed by atoms with Crippen molar-refractivity contribution in [3.8, 4) is 0 Å². The van der Waals surface area contributed by atoms with Crippen molar-refractivity contribution in [2.75, 3.05) is 11.5 Å². The summed E-state index contributed by atoms with van der Waals surface area (Å²) in [5.74, 6) is -5.66. The van der Waals surface area contributed by atoms with Gasteiger partial charge in [0.1, 0.15) is 11.5 Å². The Morgan fingerprint density at radius 2 is 1.38 bits per heavy atom. The van der Waals surface area contributed by atoms with E-state index in [1.54, 1.807) is 4.90 Å². The molecule has 3 fully saturated rings. The second kappa shape index (κ2) is 10.9. The molecule has 3 atom stereocenters. The molecule has 1 aromatic rings. The van der Waals surface area contributed by atoms with Crippen molar-refractivity contribution in [1.29, 1.82) is 0 Å². The van der Waals surface area contributed by atoms with Crippen LogP contribution in [0.25, 0.3) is 0 Å². The van der Waals surface area contributed by atoms with E-state index in [0.29, 0.717) is 17.3 Å². The molecule has 1 aromatic carbocycles. The molecular weight excluding hydrogens is 580 g/mol. The van der Waals surface area contributed by atoms with E-state index in [4.69, 9.17) is 0 Å². The summed E-state index contributed by atoms with van der Waals surface area (Å²) in [5.41, 5.74) is 1.74. The summed E-state index contributed by atoms with van der Waals surface area (Å²) in [6.07, 6.45) is -9.45. The van der Waals surface area contributed by atoms with Crippen molar-refractivity contribution in [3.63, 3.8) is 0 Å². The van der Waals surface area contributed by atoms with Gasteiger partial charge in [-0.2, -0.15) is 35.1 Å². The topological polar surface area (TPSA) is 66.4 Å². The Hall–Kier alpha value is -1.12. The number of hydrogen-bond acceptors (Lipinski definition) is 4. The smallest absolute Gasteiger partial charge is 0.438 e. The molecule has 224 valence electrons. The largest absolute Gasteiger partial charge is 0.743 e. The third-order valence-electron chi connectivity index (χ3n) is 7.59. The van der Waals surface area contributed by atoms with Gasteiger partial charge in [0.25, 0.3) is 0 Å². The number of hydrogen-bond donors (Lipinski definition) is 0. The van der Waals surface area contributed by atoms with Crippen molar-refractivity contribution in [2.24, 2.45) is 17.8 Å². The Bertz CT molecular complexity index is 1100. The molecule has 0 unspecified atom stereocenters. The standard InChI is InChI=1S/C14H21S.C11H12F8O4S/c1-14(2,3)12-6-8-13(9-7-12)15-10-4-5-11-15;12-8(13,7-4-5-1-2-6(7)3-5)9(14,15)23-10(16,17)11(18,19)24(20,21)22/h6-9H,4-5,10-11H2,1-3H3;5-7H,1-4H2,(H,20,21,22)/q+1;/p-1/t;5-,6+,7-/m.1/s1. The fourth-order valence-corrected chi connectivity index (χ4v) is 8.01. The number of halogens is 8. The van der Waals surface area contributed by atoms with E-state index in [1.807, 2.05) is 0 Å². The molecule has 0 aromatic heterocycles. The van der Waals surface area contributed by atoms with Gasteiger partial charge in [-0.15, -0.1) is 0 Å². The maximum atomic E-state index is 13.9. The predicted molar refractivity (Wildman–Crippen MR) is 129 cm³/mol. The second-order valence-electron chi connectivity index (χ2n) is 11.4. The van der Waals surface area contributed by atoms with Crippen LogP contribution in [0.2, 0.25) is 0 Å².